The van der Waals surface area contributed by atoms with Crippen molar-refractivity contribution in [2.75, 3.05) is 0 Å². The number of benzene rings is 8. The fourth-order valence-electron chi connectivity index (χ4n) is 7.93. The van der Waals surface area contributed by atoms with Crippen molar-refractivity contribution in [1.82, 2.24) is 15.3 Å². The Kier molecular flexibility index (Phi) is 7.78. The Hall–Kier alpha value is -7.70. The molecule has 1 N–H and O–H groups in total. The lowest BCUT2D eigenvalue weighted by atomic mass is 9.94. The largest absolute Gasteiger partial charge is 0.438 e. The van der Waals surface area contributed by atoms with Crippen LogP contribution < -0.4 is 5.32 Å². The number of hydrogen-bond donors (Lipinski definition) is 1. The Labute approximate surface area is 328 Å². The molecule has 57 heavy (non-hydrogen) atoms. The fraction of sp³-hybridized carbons (Fsp3) is 0.0196. The second kappa shape index (κ2) is 13.6. The van der Waals surface area contributed by atoms with Crippen molar-refractivity contribution in [2.45, 2.75) is 6.17 Å². The lowest BCUT2D eigenvalue weighted by Gasteiger charge is -2.24. The van der Waals surface area contributed by atoms with Gasteiger partial charge in [0.15, 0.2) is 11.7 Å². The molecule has 0 saturated carbocycles. The predicted octanol–water partition coefficient (Wildman–Crippen LogP) is 12.2. The van der Waals surface area contributed by atoms with Gasteiger partial charge in [-0.3, -0.25) is 0 Å². The summed E-state index contributed by atoms with van der Waals surface area (Å²) in [7, 11) is 0. The number of aromatic nitrogens is 2. The molecule has 8 aromatic carbocycles. The minimum atomic E-state index is -0.459. The standard InChI is InChI=1S/C51H33N5O/c1-4-15-33(16-5-1)46-45-43-22-12-13-23-44(43)57-51(45)56-49(52-46)39-29-38(36-26-27-42-37(28-36)25-24-32-14-10-11-21-41(32)42)30-40(31-39)50-54-47(34-17-6-2-7-18-34)53-48(55-50)35-19-8-3-9-20-35/h1-31,50H,(H,53,54,55). The van der Waals surface area contributed by atoms with Crippen molar-refractivity contribution in [1.29, 1.82) is 0 Å². The third kappa shape index (κ3) is 5.92. The van der Waals surface area contributed by atoms with Crippen LogP contribution in [0.3, 0.4) is 0 Å². The van der Waals surface area contributed by atoms with Crippen LogP contribution in [0.4, 0.5) is 0 Å². The number of nitrogens with one attached hydrogen (secondary N) is 1. The lowest BCUT2D eigenvalue weighted by molar-refractivity contribution is 0.653. The Morgan fingerprint density at radius 1 is 0.456 bits per heavy atom. The van der Waals surface area contributed by atoms with Crippen molar-refractivity contribution in [2.24, 2.45) is 9.98 Å². The van der Waals surface area contributed by atoms with Crippen LogP contribution in [0.1, 0.15) is 22.9 Å². The Balaban J connectivity index is 1.14. The van der Waals surface area contributed by atoms with Crippen molar-refractivity contribution >= 4 is 55.3 Å². The first-order valence-corrected chi connectivity index (χ1v) is 19.1. The summed E-state index contributed by atoms with van der Waals surface area (Å²) >= 11 is 0. The molecule has 0 fully saturated rings. The third-order valence-corrected chi connectivity index (χ3v) is 10.7. The molecule has 0 amide bonds. The van der Waals surface area contributed by atoms with Gasteiger partial charge in [-0.25, -0.2) is 15.0 Å². The van der Waals surface area contributed by atoms with Crippen LogP contribution >= 0.6 is 0 Å². The van der Waals surface area contributed by atoms with Crippen LogP contribution in [0, 0.1) is 0 Å². The first-order chi connectivity index (χ1) is 28.2. The van der Waals surface area contributed by atoms with E-state index in [1.807, 2.05) is 72.8 Å². The van der Waals surface area contributed by atoms with Crippen molar-refractivity contribution in [3.63, 3.8) is 0 Å². The van der Waals surface area contributed by atoms with Gasteiger partial charge in [0.25, 0.3) is 0 Å². The molecule has 1 atom stereocenters. The third-order valence-electron chi connectivity index (χ3n) is 10.7. The van der Waals surface area contributed by atoms with Crippen LogP contribution in [-0.2, 0) is 0 Å². The summed E-state index contributed by atoms with van der Waals surface area (Å²) in [5.41, 5.74) is 8.96. The predicted molar refractivity (Wildman–Crippen MR) is 232 cm³/mol. The molecule has 0 bridgehead atoms. The zero-order chi connectivity index (χ0) is 37.7. The summed E-state index contributed by atoms with van der Waals surface area (Å²) in [6, 6.07) is 64.9. The molecule has 10 aromatic rings. The van der Waals surface area contributed by atoms with Crippen LogP contribution in [0.5, 0.6) is 0 Å². The van der Waals surface area contributed by atoms with E-state index >= 15 is 0 Å². The number of para-hydroxylation sites is 1. The van der Waals surface area contributed by atoms with E-state index in [9.17, 15) is 0 Å². The number of furan rings is 1. The number of nitrogens with zero attached hydrogens (tertiary/aromatic N) is 4. The molecule has 0 aliphatic carbocycles. The summed E-state index contributed by atoms with van der Waals surface area (Å²) in [6.07, 6.45) is -0.459. The van der Waals surface area contributed by atoms with E-state index in [-0.39, 0.29) is 0 Å². The topological polar surface area (TPSA) is 75.7 Å². The summed E-state index contributed by atoms with van der Waals surface area (Å²) < 4.78 is 6.45. The molecule has 0 saturated heterocycles. The van der Waals surface area contributed by atoms with Crippen LogP contribution in [0.2, 0.25) is 0 Å². The number of hydrogen-bond acceptors (Lipinski definition) is 6. The van der Waals surface area contributed by atoms with Gasteiger partial charge < -0.3 is 9.73 Å². The maximum Gasteiger partial charge on any atom is 0.231 e. The average molecular weight is 732 g/mol. The molecular formula is C51H33N5O. The van der Waals surface area contributed by atoms with Gasteiger partial charge in [-0.15, -0.1) is 0 Å². The molecular weight excluding hydrogens is 699 g/mol. The SMILES string of the molecule is c1ccc(C2=NC(c3cc(-c4ccc5c(ccc6ccccc65)c4)cc(-c4nc(-c5ccccc5)c5c(n4)oc4ccccc45)c3)NC(c3ccccc3)=N2)cc1. The summed E-state index contributed by atoms with van der Waals surface area (Å²) in [4.78, 5) is 20.8. The molecule has 1 aliphatic rings. The zero-order valence-electron chi connectivity index (χ0n) is 30.7. The second-order valence-electron chi connectivity index (χ2n) is 14.3. The van der Waals surface area contributed by atoms with Crippen molar-refractivity contribution < 1.29 is 4.42 Å². The van der Waals surface area contributed by atoms with E-state index in [1.54, 1.807) is 0 Å². The minimum Gasteiger partial charge on any atom is -0.438 e. The number of aliphatic imine (C=N–C) groups is 2. The highest BCUT2D eigenvalue weighted by molar-refractivity contribution is 6.13. The van der Waals surface area contributed by atoms with Gasteiger partial charge in [0.1, 0.15) is 17.6 Å². The maximum absolute atomic E-state index is 6.45. The molecule has 1 unspecified atom stereocenters. The van der Waals surface area contributed by atoms with E-state index in [4.69, 9.17) is 24.4 Å². The lowest BCUT2D eigenvalue weighted by Crippen LogP contribution is -2.33. The van der Waals surface area contributed by atoms with E-state index in [1.165, 1.54) is 21.5 Å². The minimum absolute atomic E-state index is 0.459. The molecule has 6 heteroatoms. The van der Waals surface area contributed by atoms with Gasteiger partial charge in [-0.05, 0) is 68.6 Å². The molecule has 268 valence electrons. The maximum atomic E-state index is 6.45. The quantitative estimate of drug-likeness (QED) is 0.173. The number of amidine groups is 2. The molecule has 1 aliphatic heterocycles. The summed E-state index contributed by atoms with van der Waals surface area (Å²) in [5.74, 6) is 1.98. The molecule has 3 heterocycles. The Bertz CT molecular complexity index is 3210. The Morgan fingerprint density at radius 2 is 1.11 bits per heavy atom. The molecule has 0 spiro atoms. The van der Waals surface area contributed by atoms with E-state index in [2.05, 4.69) is 121 Å². The highest BCUT2D eigenvalue weighted by Crippen LogP contribution is 2.39. The number of fused-ring (bicyclic) bond motifs is 6. The van der Waals surface area contributed by atoms with Crippen molar-refractivity contribution in [3.05, 3.63) is 205 Å². The highest BCUT2D eigenvalue weighted by atomic mass is 16.3. The van der Waals surface area contributed by atoms with E-state index < -0.39 is 6.17 Å². The van der Waals surface area contributed by atoms with Crippen LogP contribution in [0.15, 0.2) is 202 Å². The summed E-state index contributed by atoms with van der Waals surface area (Å²) in [6.45, 7) is 0. The molecule has 11 rings (SSSR count). The van der Waals surface area contributed by atoms with Gasteiger partial charge in [-0.2, -0.15) is 4.98 Å². The number of rotatable bonds is 6. The van der Waals surface area contributed by atoms with Crippen molar-refractivity contribution in [3.8, 4) is 33.8 Å². The Morgan fingerprint density at radius 3 is 1.91 bits per heavy atom. The average Bonchev–Trinajstić information content (AvgIpc) is 3.68. The van der Waals surface area contributed by atoms with E-state index in [0.29, 0.717) is 17.4 Å². The van der Waals surface area contributed by atoms with E-state index in [0.717, 1.165) is 66.8 Å². The molecule has 0 radical (unpaired) electrons. The normalized spacial score (nSPS) is 14.1. The molecule has 6 nitrogen and oxygen atoms in total. The van der Waals surface area contributed by atoms with Crippen LogP contribution in [-0.4, -0.2) is 21.6 Å². The van der Waals surface area contributed by atoms with Gasteiger partial charge in [0, 0.05) is 27.6 Å². The first kappa shape index (κ1) is 32.7. The zero-order valence-corrected chi connectivity index (χ0v) is 30.7. The molecule has 2 aromatic heterocycles. The fourth-order valence-corrected chi connectivity index (χ4v) is 7.93. The smallest absolute Gasteiger partial charge is 0.231 e. The van der Waals surface area contributed by atoms with Gasteiger partial charge in [0.05, 0.1) is 11.1 Å². The highest BCUT2D eigenvalue weighted by Gasteiger charge is 2.24. The van der Waals surface area contributed by atoms with Crippen LogP contribution in [0.25, 0.3) is 77.4 Å². The van der Waals surface area contributed by atoms with Gasteiger partial charge >= 0.3 is 0 Å². The van der Waals surface area contributed by atoms with Gasteiger partial charge in [0.2, 0.25) is 5.71 Å². The second-order valence-corrected chi connectivity index (χ2v) is 14.3. The van der Waals surface area contributed by atoms with Gasteiger partial charge in [-0.1, -0.05) is 158 Å². The summed E-state index contributed by atoms with van der Waals surface area (Å²) in [5, 5.41) is 10.4. The first-order valence-electron chi connectivity index (χ1n) is 19.1. The monoisotopic (exact) mass is 731 g/mol.